The van der Waals surface area contributed by atoms with Crippen LogP contribution in [-0.2, 0) is 17.7 Å². The number of nitrogens with one attached hydrogen (secondary N) is 2. The van der Waals surface area contributed by atoms with Crippen LogP contribution >= 0.6 is 35.3 Å². The summed E-state index contributed by atoms with van der Waals surface area (Å²) in [5, 5.41) is 10.1. The average Bonchev–Trinajstić information content (AvgIpc) is 3.46. The molecular weight excluding hydrogens is 537 g/mol. The Kier molecular flexibility index (Phi) is 12.1. The molecule has 0 spiro atoms. The number of hydrogen-bond acceptors (Lipinski definition) is 6. The van der Waals surface area contributed by atoms with Crippen LogP contribution in [0, 0.1) is 6.92 Å². The zero-order chi connectivity index (χ0) is 21.9. The standard InChI is InChI=1S/C23H35N5O2S.HI/c1-4-29-13-14-30-21-15-18(2)7-8-19(21)16-26-22(24-3)25-10-9-20-17-31-23(27-20)28-11-5-6-12-28;/h7-8,15,17H,4-6,9-14,16H2,1-3H3,(H2,24,25,26);1H. The van der Waals surface area contributed by atoms with Crippen LogP contribution in [0.1, 0.15) is 36.6 Å². The van der Waals surface area contributed by atoms with Gasteiger partial charge in [-0.2, -0.15) is 0 Å². The summed E-state index contributed by atoms with van der Waals surface area (Å²) in [5.74, 6) is 1.66. The molecule has 7 nitrogen and oxygen atoms in total. The lowest BCUT2D eigenvalue weighted by Gasteiger charge is -2.15. The molecule has 0 radical (unpaired) electrons. The average molecular weight is 574 g/mol. The summed E-state index contributed by atoms with van der Waals surface area (Å²) in [6, 6.07) is 6.27. The lowest BCUT2D eigenvalue weighted by molar-refractivity contribution is 0.110. The van der Waals surface area contributed by atoms with Crippen LogP contribution in [-0.4, -0.2) is 57.4 Å². The van der Waals surface area contributed by atoms with E-state index in [1.807, 2.05) is 6.92 Å². The third kappa shape index (κ3) is 8.40. The fraction of sp³-hybridized carbons (Fsp3) is 0.565. The fourth-order valence-corrected chi connectivity index (χ4v) is 4.38. The minimum atomic E-state index is 0. The molecule has 0 atom stereocenters. The number of aromatic nitrogens is 1. The van der Waals surface area contributed by atoms with Gasteiger partial charge in [-0.15, -0.1) is 35.3 Å². The van der Waals surface area contributed by atoms with Crippen LogP contribution in [0.2, 0.25) is 0 Å². The molecule has 32 heavy (non-hydrogen) atoms. The minimum Gasteiger partial charge on any atom is -0.491 e. The van der Waals surface area contributed by atoms with Gasteiger partial charge in [0, 0.05) is 57.2 Å². The Balaban J connectivity index is 0.00000363. The SMILES string of the molecule is CCOCCOc1cc(C)ccc1CNC(=NC)NCCc1csc(N2CCCC2)n1.I. The Morgan fingerprint density at radius 1 is 1.22 bits per heavy atom. The number of thiazole rings is 1. The van der Waals surface area contributed by atoms with Gasteiger partial charge in [-0.1, -0.05) is 12.1 Å². The van der Waals surface area contributed by atoms with Crippen molar-refractivity contribution in [3.63, 3.8) is 0 Å². The molecular formula is C23H36IN5O2S. The van der Waals surface area contributed by atoms with Gasteiger partial charge in [-0.25, -0.2) is 4.98 Å². The predicted molar refractivity (Wildman–Crippen MR) is 144 cm³/mol. The molecule has 2 aromatic rings. The highest BCUT2D eigenvalue weighted by atomic mass is 127. The first-order valence-corrected chi connectivity index (χ1v) is 12.0. The summed E-state index contributed by atoms with van der Waals surface area (Å²) in [6.07, 6.45) is 3.43. The largest absolute Gasteiger partial charge is 0.491 e. The lowest BCUT2D eigenvalue weighted by atomic mass is 10.1. The smallest absolute Gasteiger partial charge is 0.191 e. The van der Waals surface area contributed by atoms with E-state index < -0.39 is 0 Å². The van der Waals surface area contributed by atoms with Crippen LogP contribution in [0.15, 0.2) is 28.6 Å². The Bertz CT molecular complexity index is 840. The van der Waals surface area contributed by atoms with Gasteiger partial charge in [-0.3, -0.25) is 4.99 Å². The van der Waals surface area contributed by atoms with E-state index in [0.29, 0.717) is 26.4 Å². The number of halogens is 1. The summed E-state index contributed by atoms with van der Waals surface area (Å²) in [6.45, 7) is 9.60. The Hall–Kier alpha value is -1.59. The van der Waals surface area contributed by atoms with Crippen molar-refractivity contribution in [1.82, 2.24) is 15.6 Å². The Labute approximate surface area is 213 Å². The van der Waals surface area contributed by atoms with E-state index >= 15 is 0 Å². The number of ether oxygens (including phenoxy) is 2. The molecule has 3 rings (SSSR count). The summed E-state index contributed by atoms with van der Waals surface area (Å²) in [5.41, 5.74) is 3.41. The highest BCUT2D eigenvalue weighted by molar-refractivity contribution is 14.0. The summed E-state index contributed by atoms with van der Waals surface area (Å²) < 4.78 is 11.3. The summed E-state index contributed by atoms with van der Waals surface area (Å²) in [4.78, 5) is 11.5. The Morgan fingerprint density at radius 3 is 2.78 bits per heavy atom. The van der Waals surface area contributed by atoms with Crippen LogP contribution < -0.4 is 20.3 Å². The minimum absolute atomic E-state index is 0. The molecule has 0 saturated carbocycles. The maximum absolute atomic E-state index is 5.93. The van der Waals surface area contributed by atoms with Crippen molar-refractivity contribution in [1.29, 1.82) is 0 Å². The van der Waals surface area contributed by atoms with Gasteiger partial charge in [0.2, 0.25) is 0 Å². The van der Waals surface area contributed by atoms with Crippen molar-refractivity contribution in [2.45, 2.75) is 39.7 Å². The van der Waals surface area contributed by atoms with Gasteiger partial charge in [0.25, 0.3) is 0 Å². The zero-order valence-corrected chi connectivity index (χ0v) is 22.5. The van der Waals surface area contributed by atoms with Crippen molar-refractivity contribution >= 4 is 46.4 Å². The fourth-order valence-electron chi connectivity index (χ4n) is 3.47. The van der Waals surface area contributed by atoms with Gasteiger partial charge in [0.15, 0.2) is 11.1 Å². The molecule has 2 heterocycles. The molecule has 2 N–H and O–H groups in total. The number of aryl methyl sites for hydroxylation is 1. The van der Waals surface area contributed by atoms with E-state index in [1.54, 1.807) is 18.4 Å². The second-order valence-corrected chi connectivity index (χ2v) is 8.41. The number of aliphatic imine (C=N–C) groups is 1. The number of hydrogen-bond donors (Lipinski definition) is 2. The normalized spacial score (nSPS) is 13.7. The van der Waals surface area contributed by atoms with Gasteiger partial charge in [0.1, 0.15) is 12.4 Å². The summed E-state index contributed by atoms with van der Waals surface area (Å²) >= 11 is 1.75. The molecule has 0 unspecified atom stereocenters. The number of rotatable bonds is 11. The molecule has 1 fully saturated rings. The van der Waals surface area contributed by atoms with E-state index in [-0.39, 0.29) is 24.0 Å². The van der Waals surface area contributed by atoms with Crippen LogP contribution in [0.5, 0.6) is 5.75 Å². The number of benzene rings is 1. The van der Waals surface area contributed by atoms with E-state index in [4.69, 9.17) is 14.5 Å². The van der Waals surface area contributed by atoms with Crippen molar-refractivity contribution in [3.05, 3.63) is 40.4 Å². The second kappa shape index (κ2) is 14.5. The zero-order valence-electron chi connectivity index (χ0n) is 19.4. The monoisotopic (exact) mass is 573 g/mol. The van der Waals surface area contributed by atoms with Crippen molar-refractivity contribution < 1.29 is 9.47 Å². The number of nitrogens with zero attached hydrogens (tertiary/aromatic N) is 3. The molecule has 1 aromatic carbocycles. The van der Waals surface area contributed by atoms with E-state index in [1.165, 1.54) is 18.4 Å². The first-order chi connectivity index (χ1) is 15.2. The molecule has 178 valence electrons. The molecule has 9 heteroatoms. The van der Waals surface area contributed by atoms with Gasteiger partial charge >= 0.3 is 0 Å². The quantitative estimate of drug-likeness (QED) is 0.183. The van der Waals surface area contributed by atoms with Gasteiger partial charge in [-0.05, 0) is 38.3 Å². The molecule has 0 amide bonds. The molecule has 1 aromatic heterocycles. The third-order valence-corrected chi connectivity index (χ3v) is 6.12. The number of guanidine groups is 1. The second-order valence-electron chi connectivity index (χ2n) is 7.57. The summed E-state index contributed by atoms with van der Waals surface area (Å²) in [7, 11) is 1.79. The van der Waals surface area contributed by atoms with Crippen LogP contribution in [0.3, 0.4) is 0 Å². The molecule has 0 aliphatic carbocycles. The molecule has 1 aliphatic rings. The van der Waals surface area contributed by atoms with E-state index in [0.717, 1.165) is 54.2 Å². The van der Waals surface area contributed by atoms with Crippen LogP contribution in [0.25, 0.3) is 0 Å². The van der Waals surface area contributed by atoms with Gasteiger partial charge in [0.05, 0.1) is 12.3 Å². The lowest BCUT2D eigenvalue weighted by Crippen LogP contribution is -2.38. The third-order valence-electron chi connectivity index (χ3n) is 5.17. The van der Waals surface area contributed by atoms with Crippen LogP contribution in [0.4, 0.5) is 5.13 Å². The maximum Gasteiger partial charge on any atom is 0.191 e. The van der Waals surface area contributed by atoms with Gasteiger partial charge < -0.3 is 25.0 Å². The van der Waals surface area contributed by atoms with Crippen molar-refractivity contribution in [3.8, 4) is 5.75 Å². The maximum atomic E-state index is 5.93. The highest BCUT2D eigenvalue weighted by Crippen LogP contribution is 2.24. The molecule has 0 bridgehead atoms. The van der Waals surface area contributed by atoms with Crippen molar-refractivity contribution in [2.24, 2.45) is 4.99 Å². The van der Waals surface area contributed by atoms with Crippen molar-refractivity contribution in [2.75, 3.05) is 51.4 Å². The first kappa shape index (κ1) is 26.7. The molecule has 1 saturated heterocycles. The highest BCUT2D eigenvalue weighted by Gasteiger charge is 2.15. The molecule has 1 aliphatic heterocycles. The number of anilines is 1. The topological polar surface area (TPSA) is 71.0 Å². The first-order valence-electron chi connectivity index (χ1n) is 11.1. The van der Waals surface area contributed by atoms with E-state index in [2.05, 4.69) is 51.0 Å². The predicted octanol–water partition coefficient (Wildman–Crippen LogP) is 3.99. The van der Waals surface area contributed by atoms with E-state index in [9.17, 15) is 0 Å². The Morgan fingerprint density at radius 2 is 2.03 bits per heavy atom.